The summed E-state index contributed by atoms with van der Waals surface area (Å²) in [5, 5.41) is 14.3. The lowest BCUT2D eigenvalue weighted by molar-refractivity contribution is -0.120. The van der Waals surface area contributed by atoms with Crippen molar-refractivity contribution in [2.24, 2.45) is 7.05 Å². The maximum atomic E-state index is 13.7. The maximum Gasteiger partial charge on any atom is 0.259 e. The van der Waals surface area contributed by atoms with Crippen molar-refractivity contribution in [1.82, 2.24) is 19.9 Å². The molecule has 4 rings (SSSR count). The van der Waals surface area contributed by atoms with Crippen LogP contribution >= 0.6 is 0 Å². The molecule has 2 aromatic heterocycles. The Morgan fingerprint density at radius 2 is 1.63 bits per heavy atom. The number of nitrogens with one attached hydrogen (secondary N) is 3. The van der Waals surface area contributed by atoms with Gasteiger partial charge in [0, 0.05) is 55.9 Å². The van der Waals surface area contributed by atoms with E-state index in [9.17, 15) is 14.4 Å². The molecule has 46 heavy (non-hydrogen) atoms. The van der Waals surface area contributed by atoms with Crippen molar-refractivity contribution in [2.45, 2.75) is 78.2 Å². The Balaban J connectivity index is 1.38. The molecular weight excluding hydrogens is 578 g/mol. The molecule has 0 saturated carbocycles. The lowest BCUT2D eigenvalue weighted by Gasteiger charge is -2.21. The normalized spacial score (nSPS) is 10.9. The van der Waals surface area contributed by atoms with Crippen LogP contribution in [0.5, 0.6) is 0 Å². The zero-order chi connectivity index (χ0) is 32.9. The number of unbranched alkanes of at least 4 members (excludes halogenated alkanes) is 4. The quantitative estimate of drug-likeness (QED) is 0.0674. The van der Waals surface area contributed by atoms with Gasteiger partial charge in [0.15, 0.2) is 0 Å². The van der Waals surface area contributed by atoms with Crippen molar-refractivity contribution in [3.8, 4) is 0 Å². The van der Waals surface area contributed by atoms with E-state index >= 15 is 0 Å². The van der Waals surface area contributed by atoms with Crippen molar-refractivity contribution >= 4 is 46.0 Å². The number of carbonyl (C=O) groups excluding carboxylic acids is 3. The third kappa shape index (κ3) is 9.32. The number of aromatic nitrogens is 3. The van der Waals surface area contributed by atoms with Gasteiger partial charge in [-0.25, -0.2) is 9.97 Å². The molecule has 2 aromatic carbocycles. The fourth-order valence-electron chi connectivity index (χ4n) is 5.27. The van der Waals surface area contributed by atoms with Crippen molar-refractivity contribution in [2.75, 3.05) is 16.8 Å². The monoisotopic (exact) mass is 623 g/mol. The number of pyridine rings is 1. The van der Waals surface area contributed by atoms with Gasteiger partial charge in [-0.15, -0.1) is 0 Å². The molecule has 0 spiro atoms. The first kappa shape index (κ1) is 34.0. The number of fused-ring (bicyclic) bond motifs is 1. The van der Waals surface area contributed by atoms with Crippen LogP contribution in [-0.2, 0) is 23.2 Å². The number of nitrogens with zero attached hydrogens (tertiary/aromatic N) is 4. The van der Waals surface area contributed by atoms with Crippen molar-refractivity contribution in [1.29, 1.82) is 5.41 Å². The number of Topliss-reactive ketones (excluding diaryl/α,β-unsaturated/α-hetero) is 1. The van der Waals surface area contributed by atoms with Gasteiger partial charge in [-0.3, -0.25) is 24.7 Å². The zero-order valence-corrected chi connectivity index (χ0v) is 27.1. The summed E-state index contributed by atoms with van der Waals surface area (Å²) in [5.74, 6) is 1.15. The van der Waals surface area contributed by atoms with Crippen molar-refractivity contribution in [3.63, 3.8) is 0 Å². The van der Waals surface area contributed by atoms with E-state index in [0.717, 1.165) is 42.7 Å². The van der Waals surface area contributed by atoms with E-state index in [2.05, 4.69) is 22.5 Å². The van der Waals surface area contributed by atoms with Crippen LogP contribution in [0.3, 0.4) is 0 Å². The molecule has 10 heteroatoms. The summed E-state index contributed by atoms with van der Waals surface area (Å²) in [6.45, 7) is 4.83. The summed E-state index contributed by atoms with van der Waals surface area (Å²) in [6, 6.07) is 18.2. The van der Waals surface area contributed by atoms with Crippen LogP contribution < -0.4 is 15.5 Å². The Kier molecular flexibility index (Phi) is 12.6. The van der Waals surface area contributed by atoms with E-state index in [0.29, 0.717) is 41.8 Å². The highest BCUT2D eigenvalue weighted by Gasteiger charge is 2.21. The minimum absolute atomic E-state index is 0.0972. The summed E-state index contributed by atoms with van der Waals surface area (Å²) in [6.07, 6.45) is 8.98. The third-order valence-corrected chi connectivity index (χ3v) is 7.93. The van der Waals surface area contributed by atoms with Crippen LogP contribution in [0.15, 0.2) is 66.9 Å². The molecule has 3 N–H and O–H groups in total. The maximum absolute atomic E-state index is 13.7. The minimum atomic E-state index is -0.232. The zero-order valence-electron chi connectivity index (χ0n) is 27.1. The van der Waals surface area contributed by atoms with E-state index in [1.165, 1.54) is 12.8 Å². The van der Waals surface area contributed by atoms with Gasteiger partial charge < -0.3 is 15.2 Å². The largest absolute Gasteiger partial charge is 0.378 e. The number of hydrogen-bond acceptors (Lipinski definition) is 7. The average molecular weight is 624 g/mol. The van der Waals surface area contributed by atoms with Crippen LogP contribution in [0.25, 0.3) is 11.0 Å². The molecule has 242 valence electrons. The third-order valence-electron chi connectivity index (χ3n) is 7.93. The predicted molar refractivity (Wildman–Crippen MR) is 183 cm³/mol. The Hall–Kier alpha value is -4.86. The van der Waals surface area contributed by atoms with Gasteiger partial charge in [0.25, 0.3) is 5.91 Å². The molecule has 0 unspecified atom stereocenters. The van der Waals surface area contributed by atoms with Gasteiger partial charge in [0.2, 0.25) is 5.91 Å². The molecular formula is C36H45N7O3. The number of amides is 2. The summed E-state index contributed by atoms with van der Waals surface area (Å²) < 4.78 is 1.98. The smallest absolute Gasteiger partial charge is 0.259 e. The fraction of sp³-hybridized carbons (Fsp3) is 0.389. The van der Waals surface area contributed by atoms with Gasteiger partial charge in [-0.05, 0) is 67.4 Å². The van der Waals surface area contributed by atoms with Crippen molar-refractivity contribution < 1.29 is 14.4 Å². The van der Waals surface area contributed by atoms with Gasteiger partial charge in [0.1, 0.15) is 23.3 Å². The molecule has 10 nitrogen and oxygen atoms in total. The molecule has 0 saturated heterocycles. The van der Waals surface area contributed by atoms with Crippen LogP contribution in [0.1, 0.15) is 93.4 Å². The highest BCUT2D eigenvalue weighted by Crippen LogP contribution is 2.21. The van der Waals surface area contributed by atoms with Gasteiger partial charge in [-0.2, -0.15) is 0 Å². The highest BCUT2D eigenvalue weighted by molar-refractivity contribution is 6.07. The SMILES string of the molecule is CCCCCCCC(=O)NC(=N)c1ccc(NCc2nc3cc(C(=O)N(CCC(=O)CCC)c4ccccn4)ccc3n2C)cc1. The second-order valence-electron chi connectivity index (χ2n) is 11.5. The molecule has 0 fully saturated rings. The van der Waals surface area contributed by atoms with Crippen molar-refractivity contribution in [3.05, 3.63) is 83.8 Å². The standard InChI is InChI=1S/C36H45N7O3/c1-4-6-7-8-9-14-34(45)41-35(37)26-15-18-28(19-16-26)39-25-33-40-30-24-27(17-20-31(30)42(33)3)36(46)43(23-21-29(44)12-5-2)32-13-10-11-22-38-32/h10-11,13,15-20,22,24,39H,4-9,12,14,21,23,25H2,1-3H3,(H2,37,41,45). The predicted octanol–water partition coefficient (Wildman–Crippen LogP) is 6.79. The van der Waals surface area contributed by atoms with Crippen LogP contribution in [0, 0.1) is 5.41 Å². The minimum Gasteiger partial charge on any atom is -0.378 e. The van der Waals surface area contributed by atoms with E-state index in [4.69, 9.17) is 10.4 Å². The first-order valence-corrected chi connectivity index (χ1v) is 16.2. The number of benzene rings is 2. The summed E-state index contributed by atoms with van der Waals surface area (Å²) in [7, 11) is 1.93. The lowest BCUT2D eigenvalue weighted by Crippen LogP contribution is -2.33. The van der Waals surface area contributed by atoms with Gasteiger partial charge >= 0.3 is 0 Å². The highest BCUT2D eigenvalue weighted by atomic mass is 16.2. The lowest BCUT2D eigenvalue weighted by atomic mass is 10.1. The number of aryl methyl sites for hydroxylation is 1. The number of imidazole rings is 1. The van der Waals surface area contributed by atoms with E-state index in [-0.39, 0.29) is 36.4 Å². The first-order valence-electron chi connectivity index (χ1n) is 16.2. The average Bonchev–Trinajstić information content (AvgIpc) is 3.38. The summed E-state index contributed by atoms with van der Waals surface area (Å²) in [4.78, 5) is 48.9. The molecule has 2 heterocycles. The molecule has 0 aliphatic carbocycles. The molecule has 2 amide bonds. The molecule has 0 aliphatic rings. The molecule has 4 aromatic rings. The van der Waals surface area contributed by atoms with E-state index in [1.807, 2.05) is 54.9 Å². The van der Waals surface area contributed by atoms with Gasteiger partial charge in [-0.1, -0.05) is 45.6 Å². The topological polar surface area (TPSA) is 133 Å². The number of ketones is 1. The molecule has 0 atom stereocenters. The van der Waals surface area contributed by atoms with Crippen LogP contribution in [0.4, 0.5) is 11.5 Å². The molecule has 0 bridgehead atoms. The van der Waals surface area contributed by atoms with Crippen LogP contribution in [0.2, 0.25) is 0 Å². The second-order valence-corrected chi connectivity index (χ2v) is 11.5. The summed E-state index contributed by atoms with van der Waals surface area (Å²) in [5.41, 5.74) is 3.55. The second kappa shape index (κ2) is 17.0. The number of anilines is 2. The summed E-state index contributed by atoms with van der Waals surface area (Å²) >= 11 is 0. The first-order chi connectivity index (χ1) is 22.3. The Morgan fingerprint density at radius 1 is 0.870 bits per heavy atom. The molecule has 0 aliphatic heterocycles. The Labute approximate surface area is 271 Å². The Morgan fingerprint density at radius 3 is 2.35 bits per heavy atom. The molecule has 0 radical (unpaired) electrons. The fourth-order valence-corrected chi connectivity index (χ4v) is 5.27. The Bertz CT molecular complexity index is 1630. The van der Waals surface area contributed by atoms with E-state index < -0.39 is 0 Å². The number of carbonyl (C=O) groups is 3. The number of amidine groups is 1. The number of hydrogen-bond donors (Lipinski definition) is 3. The van der Waals surface area contributed by atoms with Crippen LogP contribution in [-0.4, -0.2) is 44.5 Å². The number of rotatable bonds is 17. The van der Waals surface area contributed by atoms with E-state index in [1.54, 1.807) is 35.4 Å². The van der Waals surface area contributed by atoms with Gasteiger partial charge in [0.05, 0.1) is 17.6 Å².